The second-order valence-electron chi connectivity index (χ2n) is 7.93. The Morgan fingerprint density at radius 3 is 2.31 bits per heavy atom. The smallest absolute Gasteiger partial charge is 0.335 e. The number of imide groups is 2. The number of nitrogens with one attached hydrogen (secondary N) is 1. The van der Waals surface area contributed by atoms with Crippen molar-refractivity contribution in [1.29, 1.82) is 0 Å². The molecule has 0 bridgehead atoms. The Balaban J connectivity index is 1.62. The van der Waals surface area contributed by atoms with Gasteiger partial charge < -0.3 is 9.47 Å². The van der Waals surface area contributed by atoms with Crippen molar-refractivity contribution in [3.8, 4) is 11.5 Å². The van der Waals surface area contributed by atoms with Crippen LogP contribution < -0.4 is 19.7 Å². The first-order chi connectivity index (χ1) is 17.3. The van der Waals surface area contributed by atoms with E-state index in [2.05, 4.69) is 21.2 Å². The van der Waals surface area contributed by atoms with Crippen molar-refractivity contribution in [2.24, 2.45) is 0 Å². The predicted octanol–water partition coefficient (Wildman–Crippen LogP) is 5.40. The number of carbonyl (C=O) groups is 3. The van der Waals surface area contributed by atoms with Gasteiger partial charge in [-0.25, -0.2) is 14.1 Å². The standard InChI is InChI=1S/C27H22BrFN2O5/c1-3-16-6-10-20(11-7-16)31-26(33)21(25(32)30-27(31)34)12-18-13-22(28)24(23(14-18)35-2)36-15-17-4-8-19(29)9-5-17/h4-14H,3,15H2,1-2H3,(H,30,32,34)/b21-12-. The van der Waals surface area contributed by atoms with Gasteiger partial charge in [-0.3, -0.25) is 14.9 Å². The molecule has 0 aliphatic carbocycles. The highest BCUT2D eigenvalue weighted by molar-refractivity contribution is 9.10. The van der Waals surface area contributed by atoms with Crippen LogP contribution in [0.25, 0.3) is 6.08 Å². The van der Waals surface area contributed by atoms with E-state index in [1.165, 1.54) is 25.3 Å². The summed E-state index contributed by atoms with van der Waals surface area (Å²) in [6, 6.07) is 15.3. The number of barbiturate groups is 1. The average molecular weight is 553 g/mol. The van der Waals surface area contributed by atoms with Gasteiger partial charge in [0.1, 0.15) is 18.0 Å². The molecule has 0 aromatic heterocycles. The first kappa shape index (κ1) is 25.1. The summed E-state index contributed by atoms with van der Waals surface area (Å²) < 4.78 is 25.0. The molecule has 1 fully saturated rings. The van der Waals surface area contributed by atoms with Crippen molar-refractivity contribution in [2.75, 3.05) is 12.0 Å². The lowest BCUT2D eigenvalue weighted by Crippen LogP contribution is -2.54. The lowest BCUT2D eigenvalue weighted by molar-refractivity contribution is -0.122. The van der Waals surface area contributed by atoms with Crippen LogP contribution in [0.4, 0.5) is 14.9 Å². The topological polar surface area (TPSA) is 84.9 Å². The Morgan fingerprint density at radius 1 is 1.00 bits per heavy atom. The Bertz CT molecular complexity index is 1350. The Hall–Kier alpha value is -3.98. The summed E-state index contributed by atoms with van der Waals surface area (Å²) in [5.74, 6) is -1.12. The molecule has 4 amide bonds. The van der Waals surface area contributed by atoms with Crippen molar-refractivity contribution in [3.05, 3.63) is 93.2 Å². The number of hydrogen-bond donors (Lipinski definition) is 1. The van der Waals surface area contributed by atoms with Gasteiger partial charge >= 0.3 is 6.03 Å². The number of amides is 4. The zero-order chi connectivity index (χ0) is 25.8. The third kappa shape index (κ3) is 5.31. The number of aryl methyl sites for hydroxylation is 1. The van der Waals surface area contributed by atoms with Crippen LogP contribution in [-0.4, -0.2) is 25.0 Å². The van der Waals surface area contributed by atoms with Crippen LogP contribution >= 0.6 is 15.9 Å². The fourth-order valence-electron chi connectivity index (χ4n) is 3.64. The summed E-state index contributed by atoms with van der Waals surface area (Å²) in [5, 5.41) is 2.22. The molecular weight excluding hydrogens is 531 g/mol. The van der Waals surface area contributed by atoms with Crippen molar-refractivity contribution in [3.63, 3.8) is 0 Å². The van der Waals surface area contributed by atoms with Gasteiger partial charge in [0, 0.05) is 0 Å². The molecule has 0 atom stereocenters. The number of hydrogen-bond acceptors (Lipinski definition) is 5. The summed E-state index contributed by atoms with van der Waals surface area (Å²) in [7, 11) is 1.46. The van der Waals surface area contributed by atoms with Crippen LogP contribution in [0, 0.1) is 5.82 Å². The third-order valence-corrected chi connectivity index (χ3v) is 6.15. The van der Waals surface area contributed by atoms with Crippen molar-refractivity contribution >= 4 is 45.5 Å². The van der Waals surface area contributed by atoms with E-state index in [9.17, 15) is 18.8 Å². The fraction of sp³-hybridized carbons (Fsp3) is 0.148. The van der Waals surface area contributed by atoms with Crippen LogP contribution in [0.2, 0.25) is 0 Å². The van der Waals surface area contributed by atoms with Crippen LogP contribution in [0.1, 0.15) is 23.6 Å². The average Bonchev–Trinajstić information content (AvgIpc) is 2.87. The van der Waals surface area contributed by atoms with E-state index in [0.717, 1.165) is 22.4 Å². The molecule has 0 spiro atoms. The molecule has 7 nitrogen and oxygen atoms in total. The van der Waals surface area contributed by atoms with Gasteiger partial charge in [0.2, 0.25) is 0 Å². The first-order valence-electron chi connectivity index (χ1n) is 11.1. The van der Waals surface area contributed by atoms with E-state index in [1.54, 1.807) is 36.4 Å². The van der Waals surface area contributed by atoms with Crippen molar-refractivity contribution in [2.45, 2.75) is 20.0 Å². The molecule has 1 saturated heterocycles. The molecule has 0 saturated carbocycles. The molecule has 1 aliphatic heterocycles. The maximum Gasteiger partial charge on any atom is 0.335 e. The third-order valence-electron chi connectivity index (χ3n) is 5.56. The van der Waals surface area contributed by atoms with E-state index in [-0.39, 0.29) is 18.0 Å². The molecule has 36 heavy (non-hydrogen) atoms. The number of benzene rings is 3. The molecule has 1 aliphatic rings. The van der Waals surface area contributed by atoms with Gasteiger partial charge in [0.15, 0.2) is 11.5 Å². The molecule has 0 radical (unpaired) electrons. The van der Waals surface area contributed by atoms with Crippen molar-refractivity contribution < 1.29 is 28.2 Å². The van der Waals surface area contributed by atoms with Gasteiger partial charge in [0.05, 0.1) is 17.3 Å². The van der Waals surface area contributed by atoms with Crippen LogP contribution in [0.15, 0.2) is 70.7 Å². The van der Waals surface area contributed by atoms with Gasteiger partial charge in [-0.2, -0.15) is 0 Å². The van der Waals surface area contributed by atoms with Gasteiger partial charge in [-0.15, -0.1) is 0 Å². The number of rotatable bonds is 7. The highest BCUT2D eigenvalue weighted by Crippen LogP contribution is 2.38. The predicted molar refractivity (Wildman–Crippen MR) is 136 cm³/mol. The Morgan fingerprint density at radius 2 is 1.67 bits per heavy atom. The maximum absolute atomic E-state index is 13.2. The lowest BCUT2D eigenvalue weighted by Gasteiger charge is -2.26. The number of anilines is 1. The fourth-order valence-corrected chi connectivity index (χ4v) is 4.21. The molecule has 1 heterocycles. The maximum atomic E-state index is 13.2. The molecule has 1 N–H and O–H groups in total. The van der Waals surface area contributed by atoms with Crippen molar-refractivity contribution in [1.82, 2.24) is 5.32 Å². The minimum absolute atomic E-state index is 0.171. The van der Waals surface area contributed by atoms with Crippen LogP contribution in [0.5, 0.6) is 11.5 Å². The Kier molecular flexibility index (Phi) is 7.49. The number of ether oxygens (including phenoxy) is 2. The molecular formula is C27H22BrFN2O5. The summed E-state index contributed by atoms with van der Waals surface area (Å²) >= 11 is 3.45. The van der Waals surface area contributed by atoms with Crippen LogP contribution in [-0.2, 0) is 22.6 Å². The molecule has 184 valence electrons. The first-order valence-corrected chi connectivity index (χ1v) is 11.8. The molecule has 0 unspecified atom stereocenters. The molecule has 9 heteroatoms. The van der Waals surface area contributed by atoms with Gasteiger partial charge in [-0.05, 0) is 81.5 Å². The van der Waals surface area contributed by atoms with Gasteiger partial charge in [0.25, 0.3) is 11.8 Å². The van der Waals surface area contributed by atoms with E-state index in [4.69, 9.17) is 9.47 Å². The number of carbonyl (C=O) groups excluding carboxylic acids is 3. The highest BCUT2D eigenvalue weighted by atomic mass is 79.9. The largest absolute Gasteiger partial charge is 0.493 e. The number of methoxy groups -OCH3 is 1. The minimum atomic E-state index is -0.810. The lowest BCUT2D eigenvalue weighted by atomic mass is 10.1. The van der Waals surface area contributed by atoms with E-state index in [0.29, 0.717) is 27.2 Å². The van der Waals surface area contributed by atoms with E-state index < -0.39 is 17.8 Å². The highest BCUT2D eigenvalue weighted by Gasteiger charge is 2.36. The normalized spacial score (nSPS) is 14.7. The van der Waals surface area contributed by atoms with E-state index in [1.807, 2.05) is 19.1 Å². The summed E-state index contributed by atoms with van der Waals surface area (Å²) in [5.41, 5.74) is 2.44. The number of urea groups is 1. The van der Waals surface area contributed by atoms with Gasteiger partial charge in [-0.1, -0.05) is 31.2 Å². The zero-order valence-electron chi connectivity index (χ0n) is 19.5. The minimum Gasteiger partial charge on any atom is -0.493 e. The van der Waals surface area contributed by atoms with Crippen LogP contribution in [0.3, 0.4) is 0 Å². The molecule has 3 aromatic rings. The SMILES string of the molecule is CCc1ccc(N2C(=O)NC(=O)/C(=C/c3cc(Br)c(OCc4ccc(F)cc4)c(OC)c3)C2=O)cc1. The molecule has 4 rings (SSSR count). The zero-order valence-corrected chi connectivity index (χ0v) is 21.1. The number of nitrogens with zero attached hydrogens (tertiary/aromatic N) is 1. The summed E-state index contributed by atoms with van der Waals surface area (Å²) in [6.45, 7) is 2.17. The quantitative estimate of drug-likeness (QED) is 0.313. The second kappa shape index (κ2) is 10.7. The van der Waals surface area contributed by atoms with E-state index >= 15 is 0 Å². The Labute approximate surface area is 215 Å². The molecule has 3 aromatic carbocycles. The summed E-state index contributed by atoms with van der Waals surface area (Å²) in [4.78, 5) is 39.1. The summed E-state index contributed by atoms with van der Waals surface area (Å²) in [6.07, 6.45) is 2.19. The number of halogens is 2. The second-order valence-corrected chi connectivity index (χ2v) is 8.78. The monoisotopic (exact) mass is 552 g/mol.